The average Bonchev–Trinajstić information content (AvgIpc) is 3.07. The fourth-order valence-electron chi connectivity index (χ4n) is 1.54. The Kier molecular flexibility index (Phi) is 4.97. The van der Waals surface area contributed by atoms with Gasteiger partial charge in [-0.2, -0.15) is 0 Å². The fraction of sp³-hybridized carbons (Fsp3) is 0.231. The Morgan fingerprint density at radius 2 is 2.20 bits per heavy atom. The molecule has 0 unspecified atom stereocenters. The van der Waals surface area contributed by atoms with Crippen molar-refractivity contribution in [1.82, 2.24) is 10.2 Å². The largest absolute Gasteiger partial charge is 0.459 e. The molecule has 0 spiro atoms. The lowest BCUT2D eigenvalue weighted by Crippen LogP contribution is -2.37. The summed E-state index contributed by atoms with van der Waals surface area (Å²) in [4.78, 5) is 26.2. The maximum absolute atomic E-state index is 11.9. The molecule has 2 aromatic heterocycles. The lowest BCUT2D eigenvalue weighted by atomic mass is 10.4. The molecule has 7 heteroatoms. The van der Waals surface area contributed by atoms with Crippen molar-refractivity contribution in [2.75, 3.05) is 13.6 Å². The van der Waals surface area contributed by atoms with E-state index in [9.17, 15) is 9.59 Å². The minimum atomic E-state index is -0.393. The first-order chi connectivity index (χ1) is 9.56. The van der Waals surface area contributed by atoms with Gasteiger partial charge in [0.1, 0.15) is 0 Å². The van der Waals surface area contributed by atoms with Crippen molar-refractivity contribution >= 4 is 39.1 Å². The zero-order valence-corrected chi connectivity index (χ0v) is 13.2. The van der Waals surface area contributed by atoms with E-state index >= 15 is 0 Å². The molecule has 0 saturated carbocycles. The van der Waals surface area contributed by atoms with Gasteiger partial charge in [-0.25, -0.2) is 0 Å². The van der Waals surface area contributed by atoms with E-state index in [2.05, 4.69) is 21.2 Å². The van der Waals surface area contributed by atoms with Crippen molar-refractivity contribution in [2.24, 2.45) is 0 Å². The van der Waals surface area contributed by atoms with Gasteiger partial charge in [0.2, 0.25) is 5.91 Å². The van der Waals surface area contributed by atoms with Gasteiger partial charge < -0.3 is 14.6 Å². The zero-order valence-electron chi connectivity index (χ0n) is 10.8. The summed E-state index contributed by atoms with van der Waals surface area (Å²) in [6.45, 7) is 0.467. The molecule has 1 N–H and O–H groups in total. The number of hydrogen-bond donors (Lipinski definition) is 1. The summed E-state index contributed by atoms with van der Waals surface area (Å²) in [6, 6.07) is 7.07. The third-order valence-corrected chi connectivity index (χ3v) is 4.20. The van der Waals surface area contributed by atoms with E-state index < -0.39 is 5.91 Å². The predicted molar refractivity (Wildman–Crippen MR) is 79.5 cm³/mol. The Labute approximate surface area is 128 Å². The zero-order chi connectivity index (χ0) is 14.5. The van der Waals surface area contributed by atoms with Gasteiger partial charge >= 0.3 is 0 Å². The molecule has 0 aliphatic heterocycles. The number of carbonyl (C=O) groups excluding carboxylic acids is 2. The van der Waals surface area contributed by atoms with E-state index in [4.69, 9.17) is 4.42 Å². The van der Waals surface area contributed by atoms with E-state index in [1.165, 1.54) is 6.26 Å². The number of halogens is 1. The fourth-order valence-corrected chi connectivity index (χ4v) is 3.08. The van der Waals surface area contributed by atoms with Crippen LogP contribution in [0.15, 0.2) is 38.7 Å². The van der Waals surface area contributed by atoms with Crippen molar-refractivity contribution in [2.45, 2.75) is 6.54 Å². The van der Waals surface area contributed by atoms with Gasteiger partial charge in [0, 0.05) is 11.9 Å². The number of carbonyl (C=O) groups is 2. The highest BCUT2D eigenvalue weighted by Gasteiger charge is 2.14. The highest BCUT2D eigenvalue weighted by molar-refractivity contribution is 9.11. The van der Waals surface area contributed by atoms with Crippen molar-refractivity contribution in [3.8, 4) is 0 Å². The second-order valence-electron chi connectivity index (χ2n) is 4.12. The Morgan fingerprint density at radius 1 is 1.40 bits per heavy atom. The molecule has 0 radical (unpaired) electrons. The Morgan fingerprint density at radius 3 is 2.80 bits per heavy atom. The molecule has 2 aromatic rings. The third-order valence-electron chi connectivity index (χ3n) is 2.59. The van der Waals surface area contributed by atoms with Crippen LogP contribution in [0.4, 0.5) is 0 Å². The maximum Gasteiger partial charge on any atom is 0.287 e. The summed E-state index contributed by atoms with van der Waals surface area (Å²) in [6.07, 6.45) is 1.41. The smallest absolute Gasteiger partial charge is 0.287 e. The SMILES string of the molecule is CN(Cc1ccc(Br)s1)C(=O)CNC(=O)c1ccco1. The molecular formula is C13H13BrN2O3S. The molecule has 2 amide bonds. The summed E-state index contributed by atoms with van der Waals surface area (Å²) in [5.74, 6) is -0.354. The highest BCUT2D eigenvalue weighted by atomic mass is 79.9. The van der Waals surface area contributed by atoms with Gasteiger partial charge in [-0.15, -0.1) is 11.3 Å². The average molecular weight is 357 g/mol. The van der Waals surface area contributed by atoms with Crippen LogP contribution in [0, 0.1) is 0 Å². The standard InChI is InChI=1S/C13H13BrN2O3S/c1-16(8-9-4-5-11(14)20-9)12(17)7-15-13(18)10-3-2-6-19-10/h2-6H,7-8H2,1H3,(H,15,18). The summed E-state index contributed by atoms with van der Waals surface area (Å²) in [5, 5.41) is 2.53. The normalized spacial score (nSPS) is 10.3. The first kappa shape index (κ1) is 14.8. The Hall–Kier alpha value is -1.60. The highest BCUT2D eigenvalue weighted by Crippen LogP contribution is 2.22. The second-order valence-corrected chi connectivity index (χ2v) is 6.66. The van der Waals surface area contributed by atoms with Gasteiger partial charge in [0.25, 0.3) is 5.91 Å². The first-order valence-electron chi connectivity index (χ1n) is 5.86. The first-order valence-corrected chi connectivity index (χ1v) is 7.47. The number of nitrogens with one attached hydrogen (secondary N) is 1. The number of amides is 2. The quantitative estimate of drug-likeness (QED) is 0.894. The van der Waals surface area contributed by atoms with E-state index in [0.717, 1.165) is 8.66 Å². The molecule has 0 bridgehead atoms. The molecule has 0 fully saturated rings. The number of likely N-dealkylation sites (N-methyl/N-ethyl adjacent to an activating group) is 1. The number of nitrogens with zero attached hydrogens (tertiary/aromatic N) is 1. The van der Waals surface area contributed by atoms with Crippen LogP contribution in [-0.4, -0.2) is 30.3 Å². The number of rotatable bonds is 5. The molecule has 0 saturated heterocycles. The summed E-state index contributed by atoms with van der Waals surface area (Å²) in [5.41, 5.74) is 0. The molecule has 106 valence electrons. The summed E-state index contributed by atoms with van der Waals surface area (Å²) in [7, 11) is 1.70. The predicted octanol–water partition coefficient (Wildman–Crippen LogP) is 2.49. The van der Waals surface area contributed by atoms with E-state index in [1.54, 1.807) is 35.4 Å². The minimum Gasteiger partial charge on any atom is -0.459 e. The molecule has 2 rings (SSSR count). The number of furan rings is 1. The van der Waals surface area contributed by atoms with Gasteiger partial charge in [0.05, 0.1) is 23.1 Å². The monoisotopic (exact) mass is 356 g/mol. The number of hydrogen-bond acceptors (Lipinski definition) is 4. The van der Waals surface area contributed by atoms with Crippen LogP contribution >= 0.6 is 27.3 Å². The third kappa shape index (κ3) is 3.94. The van der Waals surface area contributed by atoms with Crippen LogP contribution in [-0.2, 0) is 11.3 Å². The topological polar surface area (TPSA) is 62.6 Å². The lowest BCUT2D eigenvalue weighted by molar-refractivity contribution is -0.129. The molecule has 0 atom stereocenters. The molecule has 0 aromatic carbocycles. The molecule has 20 heavy (non-hydrogen) atoms. The van der Waals surface area contributed by atoms with Crippen molar-refractivity contribution in [3.05, 3.63) is 45.0 Å². The molecular weight excluding hydrogens is 344 g/mol. The van der Waals surface area contributed by atoms with Crippen LogP contribution in [0.2, 0.25) is 0 Å². The van der Waals surface area contributed by atoms with E-state index in [0.29, 0.717) is 6.54 Å². The minimum absolute atomic E-state index is 0.0530. The van der Waals surface area contributed by atoms with Gasteiger partial charge in [-0.05, 0) is 40.2 Å². The van der Waals surface area contributed by atoms with Gasteiger partial charge in [-0.1, -0.05) is 0 Å². The van der Waals surface area contributed by atoms with Crippen molar-refractivity contribution in [3.63, 3.8) is 0 Å². The van der Waals surface area contributed by atoms with Crippen LogP contribution < -0.4 is 5.32 Å². The van der Waals surface area contributed by atoms with Crippen LogP contribution in [0.5, 0.6) is 0 Å². The molecule has 2 heterocycles. The van der Waals surface area contributed by atoms with E-state index in [-0.39, 0.29) is 18.2 Å². The van der Waals surface area contributed by atoms with Gasteiger partial charge in [0.15, 0.2) is 5.76 Å². The molecule has 0 aliphatic carbocycles. The van der Waals surface area contributed by atoms with Crippen molar-refractivity contribution in [1.29, 1.82) is 0 Å². The number of thiophene rings is 1. The lowest BCUT2D eigenvalue weighted by Gasteiger charge is -2.16. The molecule has 5 nitrogen and oxygen atoms in total. The van der Waals surface area contributed by atoms with E-state index in [1.807, 2.05) is 12.1 Å². The second kappa shape index (κ2) is 6.71. The Balaban J connectivity index is 1.81. The summed E-state index contributed by atoms with van der Waals surface area (Å²) >= 11 is 4.95. The molecule has 0 aliphatic rings. The van der Waals surface area contributed by atoms with Crippen LogP contribution in [0.25, 0.3) is 0 Å². The summed E-state index contributed by atoms with van der Waals surface area (Å²) < 4.78 is 5.97. The Bertz CT molecular complexity index is 595. The maximum atomic E-state index is 11.9. The van der Waals surface area contributed by atoms with Crippen LogP contribution in [0.1, 0.15) is 15.4 Å². The van der Waals surface area contributed by atoms with Gasteiger partial charge in [-0.3, -0.25) is 9.59 Å². The van der Waals surface area contributed by atoms with Crippen molar-refractivity contribution < 1.29 is 14.0 Å². The van der Waals surface area contributed by atoms with Crippen LogP contribution in [0.3, 0.4) is 0 Å².